The third kappa shape index (κ3) is 5.71. The molecule has 2 aromatic carbocycles. The van der Waals surface area contributed by atoms with Crippen LogP contribution in [-0.2, 0) is 6.54 Å². The first-order valence-corrected chi connectivity index (χ1v) is 9.53. The summed E-state index contributed by atoms with van der Waals surface area (Å²) in [6, 6.07) is 16.0. The number of aliphatic hydroxyl groups is 1. The molecule has 0 radical (unpaired) electrons. The third-order valence-electron chi connectivity index (χ3n) is 4.78. The Bertz CT molecular complexity index is 685. The van der Waals surface area contributed by atoms with E-state index in [9.17, 15) is 5.11 Å². The molecule has 5 heteroatoms. The van der Waals surface area contributed by atoms with E-state index in [2.05, 4.69) is 21.9 Å². The lowest BCUT2D eigenvalue weighted by Gasteiger charge is -2.35. The predicted molar refractivity (Wildman–Crippen MR) is 106 cm³/mol. The number of benzene rings is 2. The number of hydrogen-bond donors (Lipinski definition) is 1. The van der Waals surface area contributed by atoms with Gasteiger partial charge in [0.05, 0.1) is 0 Å². The lowest BCUT2D eigenvalue weighted by molar-refractivity contribution is 0.0445. The summed E-state index contributed by atoms with van der Waals surface area (Å²) in [5.41, 5.74) is 2.38. The molecule has 0 unspecified atom stereocenters. The van der Waals surface area contributed by atoms with E-state index >= 15 is 0 Å². The fourth-order valence-corrected chi connectivity index (χ4v) is 3.36. The summed E-state index contributed by atoms with van der Waals surface area (Å²) in [6.45, 7) is 7.90. The number of para-hydroxylation sites is 1. The summed E-state index contributed by atoms with van der Waals surface area (Å²) in [6.07, 6.45) is -0.475. The van der Waals surface area contributed by atoms with Crippen LogP contribution in [0.15, 0.2) is 48.5 Å². The smallest absolute Gasteiger partial charge is 0.122 e. The molecule has 3 rings (SSSR count). The van der Waals surface area contributed by atoms with Crippen LogP contribution in [0, 0.1) is 6.92 Å². The first-order chi connectivity index (χ1) is 12.6. The Morgan fingerprint density at radius 1 is 1.00 bits per heavy atom. The Morgan fingerprint density at radius 3 is 2.35 bits per heavy atom. The summed E-state index contributed by atoms with van der Waals surface area (Å²) in [7, 11) is 0. The van der Waals surface area contributed by atoms with E-state index in [0.29, 0.717) is 13.2 Å². The molecule has 1 atom stereocenters. The molecule has 0 spiro atoms. The van der Waals surface area contributed by atoms with Gasteiger partial charge >= 0.3 is 0 Å². The highest BCUT2D eigenvalue weighted by molar-refractivity contribution is 6.30. The largest absolute Gasteiger partial charge is 0.491 e. The second kappa shape index (κ2) is 9.38. The van der Waals surface area contributed by atoms with E-state index < -0.39 is 6.10 Å². The van der Waals surface area contributed by atoms with Crippen LogP contribution in [0.25, 0.3) is 0 Å². The molecule has 4 nitrogen and oxygen atoms in total. The lowest BCUT2D eigenvalue weighted by Crippen LogP contribution is -2.48. The van der Waals surface area contributed by atoms with Crippen LogP contribution in [0.3, 0.4) is 0 Å². The van der Waals surface area contributed by atoms with Gasteiger partial charge in [-0.15, -0.1) is 0 Å². The van der Waals surface area contributed by atoms with Gasteiger partial charge in [-0.25, -0.2) is 0 Å². The monoisotopic (exact) mass is 374 g/mol. The topological polar surface area (TPSA) is 35.9 Å². The van der Waals surface area contributed by atoms with Crippen LogP contribution in [0.5, 0.6) is 5.75 Å². The number of halogens is 1. The van der Waals surface area contributed by atoms with Crippen molar-refractivity contribution in [2.45, 2.75) is 19.6 Å². The lowest BCUT2D eigenvalue weighted by atomic mass is 10.2. The third-order valence-corrected chi connectivity index (χ3v) is 5.03. The predicted octanol–water partition coefficient (Wildman–Crippen LogP) is 3.21. The average Bonchev–Trinajstić information content (AvgIpc) is 2.64. The van der Waals surface area contributed by atoms with Crippen LogP contribution in [0.4, 0.5) is 0 Å². The summed E-state index contributed by atoms with van der Waals surface area (Å²) < 4.78 is 5.75. The van der Waals surface area contributed by atoms with Crippen molar-refractivity contribution in [3.05, 3.63) is 64.7 Å². The molecule has 2 aromatic rings. The number of nitrogens with zero attached hydrogens (tertiary/aromatic N) is 2. The van der Waals surface area contributed by atoms with Gasteiger partial charge < -0.3 is 9.84 Å². The van der Waals surface area contributed by atoms with Crippen molar-refractivity contribution in [2.75, 3.05) is 39.3 Å². The summed E-state index contributed by atoms with van der Waals surface area (Å²) in [4.78, 5) is 4.75. The van der Waals surface area contributed by atoms with Crippen molar-refractivity contribution in [1.82, 2.24) is 9.80 Å². The van der Waals surface area contributed by atoms with Gasteiger partial charge in [-0.05, 0) is 36.2 Å². The number of piperazine rings is 1. The highest BCUT2D eigenvalue weighted by Crippen LogP contribution is 2.17. The number of β-amino-alcohol motifs (C(OH)–C–C–N with tert-alkyl or cyclic N) is 1. The minimum atomic E-state index is -0.475. The molecule has 26 heavy (non-hydrogen) atoms. The molecule has 0 saturated carbocycles. The maximum Gasteiger partial charge on any atom is 0.122 e. The number of hydrogen-bond acceptors (Lipinski definition) is 4. The Morgan fingerprint density at radius 2 is 1.65 bits per heavy atom. The Hall–Kier alpha value is -1.59. The van der Waals surface area contributed by atoms with E-state index in [1.807, 2.05) is 43.3 Å². The van der Waals surface area contributed by atoms with Crippen molar-refractivity contribution in [3.8, 4) is 5.75 Å². The average molecular weight is 375 g/mol. The molecular weight excluding hydrogens is 348 g/mol. The maximum absolute atomic E-state index is 10.3. The van der Waals surface area contributed by atoms with E-state index in [1.165, 1.54) is 5.56 Å². The standard InChI is InChI=1S/C21H27ClN2O2/c1-17-4-2-3-5-21(17)26-16-20(25)15-24-12-10-23(11-13-24)14-18-6-8-19(22)9-7-18/h2-9,20,25H,10-16H2,1H3/t20-/m1/s1. The molecule has 1 saturated heterocycles. The minimum Gasteiger partial charge on any atom is -0.491 e. The fraction of sp³-hybridized carbons (Fsp3) is 0.429. The molecule has 1 aliphatic rings. The zero-order valence-corrected chi connectivity index (χ0v) is 16.0. The highest BCUT2D eigenvalue weighted by atomic mass is 35.5. The summed E-state index contributed by atoms with van der Waals surface area (Å²) in [5, 5.41) is 11.1. The maximum atomic E-state index is 10.3. The van der Waals surface area contributed by atoms with Gasteiger partial charge in [0.25, 0.3) is 0 Å². The molecule has 1 N–H and O–H groups in total. The molecular formula is C21H27ClN2O2. The van der Waals surface area contributed by atoms with Gasteiger partial charge in [0.2, 0.25) is 0 Å². The quantitative estimate of drug-likeness (QED) is 0.807. The van der Waals surface area contributed by atoms with Crippen molar-refractivity contribution in [2.24, 2.45) is 0 Å². The highest BCUT2D eigenvalue weighted by Gasteiger charge is 2.19. The zero-order chi connectivity index (χ0) is 18.4. The fourth-order valence-electron chi connectivity index (χ4n) is 3.23. The van der Waals surface area contributed by atoms with Crippen molar-refractivity contribution < 1.29 is 9.84 Å². The Kier molecular flexibility index (Phi) is 6.92. The van der Waals surface area contributed by atoms with Crippen LogP contribution in [-0.4, -0.2) is 60.3 Å². The molecule has 0 aliphatic carbocycles. The van der Waals surface area contributed by atoms with Crippen LogP contribution in [0.2, 0.25) is 5.02 Å². The SMILES string of the molecule is Cc1ccccc1OC[C@H](O)CN1CCN(Cc2ccc(Cl)cc2)CC1. The molecule has 1 fully saturated rings. The van der Waals surface area contributed by atoms with Gasteiger partial charge in [-0.2, -0.15) is 0 Å². The molecule has 0 bridgehead atoms. The van der Waals surface area contributed by atoms with Gasteiger partial charge in [0.1, 0.15) is 18.5 Å². The van der Waals surface area contributed by atoms with E-state index in [0.717, 1.165) is 49.1 Å². The van der Waals surface area contributed by atoms with E-state index in [-0.39, 0.29) is 0 Å². The zero-order valence-electron chi connectivity index (χ0n) is 15.3. The molecule has 1 heterocycles. The molecule has 0 amide bonds. The molecule has 140 valence electrons. The van der Waals surface area contributed by atoms with Crippen molar-refractivity contribution in [3.63, 3.8) is 0 Å². The first kappa shape index (κ1) is 19.2. The normalized spacial score (nSPS) is 17.2. The van der Waals surface area contributed by atoms with Crippen LogP contribution < -0.4 is 4.74 Å². The van der Waals surface area contributed by atoms with Gasteiger partial charge in [0, 0.05) is 44.3 Å². The number of aryl methyl sites for hydroxylation is 1. The Labute approximate surface area is 160 Å². The number of ether oxygens (including phenoxy) is 1. The van der Waals surface area contributed by atoms with E-state index in [4.69, 9.17) is 16.3 Å². The molecule has 1 aliphatic heterocycles. The summed E-state index contributed by atoms with van der Waals surface area (Å²) >= 11 is 5.94. The van der Waals surface area contributed by atoms with Gasteiger partial charge in [0.15, 0.2) is 0 Å². The summed E-state index contributed by atoms with van der Waals surface area (Å²) in [5.74, 6) is 0.847. The minimum absolute atomic E-state index is 0.329. The molecule has 0 aromatic heterocycles. The Balaban J connectivity index is 1.38. The van der Waals surface area contributed by atoms with Gasteiger partial charge in [-0.1, -0.05) is 41.9 Å². The second-order valence-corrected chi connectivity index (χ2v) is 7.37. The van der Waals surface area contributed by atoms with Crippen LogP contribution >= 0.6 is 11.6 Å². The number of rotatable bonds is 7. The van der Waals surface area contributed by atoms with Crippen molar-refractivity contribution >= 4 is 11.6 Å². The second-order valence-electron chi connectivity index (χ2n) is 6.93. The van der Waals surface area contributed by atoms with Crippen LogP contribution in [0.1, 0.15) is 11.1 Å². The number of aliphatic hydroxyl groups excluding tert-OH is 1. The van der Waals surface area contributed by atoms with E-state index in [1.54, 1.807) is 0 Å². The first-order valence-electron chi connectivity index (χ1n) is 9.16. The van der Waals surface area contributed by atoms with Gasteiger partial charge in [-0.3, -0.25) is 9.80 Å². The van der Waals surface area contributed by atoms with Crippen molar-refractivity contribution in [1.29, 1.82) is 0 Å².